The predicted molar refractivity (Wildman–Crippen MR) is 140 cm³/mol. The first-order valence-corrected chi connectivity index (χ1v) is 13.1. The van der Waals surface area contributed by atoms with E-state index in [4.69, 9.17) is 0 Å². The van der Waals surface area contributed by atoms with Crippen LogP contribution in [0.3, 0.4) is 0 Å². The number of rotatable bonds is 8. The molecular weight excluding hydrogens is 440 g/mol. The molecule has 35 heavy (non-hydrogen) atoms. The van der Waals surface area contributed by atoms with E-state index in [1.165, 1.54) is 0 Å². The number of likely N-dealkylation sites (tertiary alicyclic amines) is 1. The number of nitrogens with zero attached hydrogens (tertiary/aromatic N) is 3. The molecule has 3 rings (SSSR count). The van der Waals surface area contributed by atoms with Gasteiger partial charge in [0.15, 0.2) is 0 Å². The van der Waals surface area contributed by atoms with Crippen molar-refractivity contribution >= 4 is 23.4 Å². The molecule has 2 fully saturated rings. The van der Waals surface area contributed by atoms with E-state index in [0.717, 1.165) is 18.5 Å². The van der Waals surface area contributed by atoms with Crippen LogP contribution in [0.4, 0.5) is 5.69 Å². The second kappa shape index (κ2) is 11.0. The highest BCUT2D eigenvalue weighted by atomic mass is 16.2. The summed E-state index contributed by atoms with van der Waals surface area (Å²) in [6.45, 7) is 14.3. The van der Waals surface area contributed by atoms with Crippen molar-refractivity contribution in [1.82, 2.24) is 15.1 Å². The van der Waals surface area contributed by atoms with Gasteiger partial charge in [0.25, 0.3) is 5.91 Å². The van der Waals surface area contributed by atoms with Crippen LogP contribution in [0.2, 0.25) is 0 Å². The lowest BCUT2D eigenvalue weighted by Gasteiger charge is -2.43. The van der Waals surface area contributed by atoms with Gasteiger partial charge in [-0.15, -0.1) is 0 Å². The lowest BCUT2D eigenvalue weighted by atomic mass is 9.83. The van der Waals surface area contributed by atoms with Crippen molar-refractivity contribution in [3.8, 4) is 0 Å². The quantitative estimate of drug-likeness (QED) is 0.605. The van der Waals surface area contributed by atoms with Crippen LogP contribution >= 0.6 is 0 Å². The van der Waals surface area contributed by atoms with Crippen molar-refractivity contribution in [3.05, 3.63) is 30.3 Å². The number of carbonyl (C=O) groups is 3. The number of benzene rings is 1. The monoisotopic (exact) mass is 484 g/mol. The molecule has 7 nitrogen and oxygen atoms in total. The van der Waals surface area contributed by atoms with Crippen molar-refractivity contribution < 1.29 is 14.4 Å². The summed E-state index contributed by atoms with van der Waals surface area (Å²) in [4.78, 5) is 45.2. The van der Waals surface area contributed by atoms with Gasteiger partial charge in [-0.3, -0.25) is 14.4 Å². The lowest BCUT2D eigenvalue weighted by Crippen LogP contribution is -2.57. The number of amides is 3. The van der Waals surface area contributed by atoms with Gasteiger partial charge in [-0.25, -0.2) is 0 Å². The number of hydrogen-bond acceptors (Lipinski definition) is 4. The molecule has 1 spiro atoms. The minimum absolute atomic E-state index is 0.00569. The Balaban J connectivity index is 1.72. The first-order valence-electron chi connectivity index (χ1n) is 13.1. The molecule has 1 aromatic carbocycles. The molecule has 0 saturated carbocycles. The van der Waals surface area contributed by atoms with E-state index >= 15 is 0 Å². The summed E-state index contributed by atoms with van der Waals surface area (Å²) in [6, 6.07) is 10.0. The van der Waals surface area contributed by atoms with E-state index < -0.39 is 5.54 Å². The Labute approximate surface area is 211 Å². The fourth-order valence-electron chi connectivity index (χ4n) is 5.59. The molecule has 194 valence electrons. The number of carbonyl (C=O) groups excluding carboxylic acids is 3. The number of hydrogen-bond donors (Lipinski definition) is 1. The first kappa shape index (κ1) is 27.0. The standard InChI is InChI=1S/C28H44N4O3/c1-7-22(3)29-24(33)19-31-20-32(23-11-9-8-10-12-23)28(26(31)35)13-15-30(16-14-28)25(34)17-21(2)18-27(4,5)6/h8-12,21-22H,7,13-20H2,1-6H3,(H,29,33). The van der Waals surface area contributed by atoms with E-state index in [2.05, 4.69) is 37.9 Å². The minimum Gasteiger partial charge on any atom is -0.352 e. The Morgan fingerprint density at radius 2 is 1.71 bits per heavy atom. The summed E-state index contributed by atoms with van der Waals surface area (Å²) in [5.74, 6) is 0.372. The highest BCUT2D eigenvalue weighted by molar-refractivity contribution is 5.96. The van der Waals surface area contributed by atoms with Crippen molar-refractivity contribution in [3.63, 3.8) is 0 Å². The maximum atomic E-state index is 13.8. The summed E-state index contributed by atoms with van der Waals surface area (Å²) in [5.41, 5.74) is 0.457. The molecule has 0 radical (unpaired) electrons. The van der Waals surface area contributed by atoms with Crippen LogP contribution < -0.4 is 10.2 Å². The molecule has 2 unspecified atom stereocenters. The number of para-hydroxylation sites is 1. The number of piperidine rings is 1. The van der Waals surface area contributed by atoms with E-state index in [-0.39, 0.29) is 35.7 Å². The Morgan fingerprint density at radius 1 is 1.09 bits per heavy atom. The summed E-state index contributed by atoms with van der Waals surface area (Å²) >= 11 is 0. The van der Waals surface area contributed by atoms with Gasteiger partial charge in [0.05, 0.1) is 6.67 Å². The molecule has 1 aromatic rings. The highest BCUT2D eigenvalue weighted by Crippen LogP contribution is 2.39. The Morgan fingerprint density at radius 3 is 2.29 bits per heavy atom. The molecule has 2 heterocycles. The van der Waals surface area contributed by atoms with Gasteiger partial charge in [0, 0.05) is 31.2 Å². The lowest BCUT2D eigenvalue weighted by molar-refractivity contribution is -0.140. The highest BCUT2D eigenvalue weighted by Gasteiger charge is 2.54. The van der Waals surface area contributed by atoms with Crippen LogP contribution in [0, 0.1) is 11.3 Å². The van der Waals surface area contributed by atoms with Crippen LogP contribution in [-0.2, 0) is 14.4 Å². The fraction of sp³-hybridized carbons (Fsp3) is 0.679. The topological polar surface area (TPSA) is 73.0 Å². The molecule has 2 atom stereocenters. The molecule has 2 aliphatic heterocycles. The third-order valence-corrected chi connectivity index (χ3v) is 7.36. The van der Waals surface area contributed by atoms with Crippen LogP contribution in [-0.4, -0.2) is 65.4 Å². The van der Waals surface area contributed by atoms with Crippen LogP contribution in [0.1, 0.15) is 73.6 Å². The summed E-state index contributed by atoms with van der Waals surface area (Å²) in [5, 5.41) is 2.97. The van der Waals surface area contributed by atoms with E-state index in [9.17, 15) is 14.4 Å². The summed E-state index contributed by atoms with van der Waals surface area (Å²) in [6.07, 6.45) is 3.54. The van der Waals surface area contributed by atoms with Crippen LogP contribution in [0.15, 0.2) is 30.3 Å². The molecule has 2 aliphatic rings. The van der Waals surface area contributed by atoms with Gasteiger partial charge in [0.2, 0.25) is 11.8 Å². The summed E-state index contributed by atoms with van der Waals surface area (Å²) in [7, 11) is 0. The first-order chi connectivity index (χ1) is 16.4. The molecule has 7 heteroatoms. The molecule has 0 aromatic heterocycles. The molecule has 2 saturated heterocycles. The molecular formula is C28H44N4O3. The Bertz CT molecular complexity index is 887. The third-order valence-electron chi connectivity index (χ3n) is 7.36. The largest absolute Gasteiger partial charge is 0.352 e. The molecule has 0 aliphatic carbocycles. The maximum absolute atomic E-state index is 13.8. The van der Waals surface area contributed by atoms with E-state index in [1.54, 1.807) is 4.90 Å². The predicted octanol–water partition coefficient (Wildman–Crippen LogP) is 4.03. The Kier molecular flexibility index (Phi) is 8.50. The van der Waals surface area contributed by atoms with Gasteiger partial charge >= 0.3 is 0 Å². The van der Waals surface area contributed by atoms with Crippen LogP contribution in [0.5, 0.6) is 0 Å². The second-order valence-electron chi connectivity index (χ2n) is 11.8. The van der Waals surface area contributed by atoms with Crippen LogP contribution in [0.25, 0.3) is 0 Å². The third kappa shape index (κ3) is 6.56. The number of anilines is 1. The van der Waals surface area contributed by atoms with Crippen molar-refractivity contribution in [2.75, 3.05) is 31.2 Å². The van der Waals surface area contributed by atoms with Crippen molar-refractivity contribution in [2.45, 2.75) is 85.2 Å². The molecule has 3 amide bonds. The zero-order valence-corrected chi connectivity index (χ0v) is 22.5. The fourth-order valence-corrected chi connectivity index (χ4v) is 5.59. The van der Waals surface area contributed by atoms with Gasteiger partial charge in [-0.2, -0.15) is 0 Å². The van der Waals surface area contributed by atoms with Gasteiger partial charge in [-0.1, -0.05) is 52.8 Å². The van der Waals surface area contributed by atoms with Gasteiger partial charge in [0.1, 0.15) is 12.1 Å². The maximum Gasteiger partial charge on any atom is 0.250 e. The van der Waals surface area contributed by atoms with E-state index in [1.807, 2.05) is 49.1 Å². The molecule has 1 N–H and O–H groups in total. The van der Waals surface area contributed by atoms with Gasteiger partial charge in [-0.05, 0) is 56.1 Å². The Hall–Kier alpha value is -2.57. The van der Waals surface area contributed by atoms with Crippen molar-refractivity contribution in [1.29, 1.82) is 0 Å². The SMILES string of the molecule is CCC(C)NC(=O)CN1CN(c2ccccc2)C2(CCN(C(=O)CC(C)CC(C)(C)C)CC2)C1=O. The van der Waals surface area contributed by atoms with Crippen molar-refractivity contribution in [2.24, 2.45) is 11.3 Å². The minimum atomic E-state index is -0.716. The number of nitrogens with one attached hydrogen (secondary N) is 1. The smallest absolute Gasteiger partial charge is 0.250 e. The normalized spacial score (nSPS) is 19.7. The second-order valence-corrected chi connectivity index (χ2v) is 11.8. The van der Waals surface area contributed by atoms with Gasteiger partial charge < -0.3 is 20.0 Å². The zero-order chi connectivity index (χ0) is 25.8. The summed E-state index contributed by atoms with van der Waals surface area (Å²) < 4.78 is 0. The average Bonchev–Trinajstić information content (AvgIpc) is 3.04. The molecule has 0 bridgehead atoms. The zero-order valence-electron chi connectivity index (χ0n) is 22.5. The van der Waals surface area contributed by atoms with E-state index in [0.29, 0.717) is 44.9 Å². The average molecular weight is 485 g/mol.